The van der Waals surface area contributed by atoms with Crippen molar-refractivity contribution in [3.8, 4) is 0 Å². The smallest absolute Gasteiger partial charge is 0.251 e. The van der Waals surface area contributed by atoms with Crippen molar-refractivity contribution in [1.82, 2.24) is 10.6 Å². The number of carbonyl (C=O) groups is 1. The van der Waals surface area contributed by atoms with E-state index in [9.17, 15) is 4.79 Å². The van der Waals surface area contributed by atoms with Gasteiger partial charge in [-0.15, -0.1) is 0 Å². The highest BCUT2D eigenvalue weighted by Crippen LogP contribution is 2.28. The number of piperidine rings is 1. The monoisotopic (exact) mass is 290 g/mol. The summed E-state index contributed by atoms with van der Waals surface area (Å²) in [4.78, 5) is 12.3. The van der Waals surface area contributed by atoms with E-state index in [2.05, 4.69) is 17.6 Å². The fraction of sp³-hybridized carbons (Fsp3) is 0.588. The predicted molar refractivity (Wildman–Crippen MR) is 84.7 cm³/mol. The molecule has 0 bridgehead atoms. The van der Waals surface area contributed by atoms with E-state index in [0.29, 0.717) is 13.2 Å². The summed E-state index contributed by atoms with van der Waals surface area (Å²) in [5.74, 6) is 0.00658. The Morgan fingerprint density at radius 1 is 1.29 bits per heavy atom. The summed E-state index contributed by atoms with van der Waals surface area (Å²) in [6.07, 6.45) is 2.07. The Balaban J connectivity index is 1.99. The molecule has 0 aromatic heterocycles. The molecule has 1 saturated heterocycles. The Kier molecular flexibility index (Phi) is 5.37. The molecule has 1 amide bonds. The van der Waals surface area contributed by atoms with Gasteiger partial charge in [-0.1, -0.05) is 6.07 Å². The lowest BCUT2D eigenvalue weighted by molar-refractivity contribution is 0.0511. The van der Waals surface area contributed by atoms with E-state index in [-0.39, 0.29) is 11.3 Å². The highest BCUT2D eigenvalue weighted by atomic mass is 16.5. The SMILES string of the molecule is COCC1(CNC(=O)c2ccc(C)c(C)c2)CCNCC1. The molecule has 116 valence electrons. The van der Waals surface area contributed by atoms with Crippen molar-refractivity contribution in [2.75, 3.05) is 33.4 Å². The third kappa shape index (κ3) is 4.05. The second-order valence-corrected chi connectivity index (χ2v) is 6.16. The number of aryl methyl sites for hydroxylation is 2. The minimum atomic E-state index is 0.00658. The highest BCUT2D eigenvalue weighted by Gasteiger charge is 2.32. The zero-order valence-electron chi connectivity index (χ0n) is 13.3. The van der Waals surface area contributed by atoms with Crippen LogP contribution in [0.1, 0.15) is 34.3 Å². The number of nitrogens with one attached hydrogen (secondary N) is 2. The topological polar surface area (TPSA) is 50.4 Å². The van der Waals surface area contributed by atoms with Gasteiger partial charge in [0.05, 0.1) is 6.61 Å². The van der Waals surface area contributed by atoms with Crippen LogP contribution in [0.2, 0.25) is 0 Å². The number of carbonyl (C=O) groups excluding carboxylic acids is 1. The number of amides is 1. The summed E-state index contributed by atoms with van der Waals surface area (Å²) in [5.41, 5.74) is 3.16. The number of methoxy groups -OCH3 is 1. The Bertz CT molecular complexity index is 488. The van der Waals surface area contributed by atoms with Crippen LogP contribution < -0.4 is 10.6 Å². The summed E-state index contributed by atoms with van der Waals surface area (Å²) in [7, 11) is 1.73. The largest absolute Gasteiger partial charge is 0.384 e. The Labute approximate surface area is 127 Å². The second-order valence-electron chi connectivity index (χ2n) is 6.16. The molecule has 1 aromatic rings. The lowest BCUT2D eigenvalue weighted by Gasteiger charge is -2.37. The van der Waals surface area contributed by atoms with Crippen LogP contribution in [0.4, 0.5) is 0 Å². The van der Waals surface area contributed by atoms with Crippen molar-refractivity contribution in [3.05, 3.63) is 34.9 Å². The Hall–Kier alpha value is -1.39. The Morgan fingerprint density at radius 3 is 2.62 bits per heavy atom. The minimum Gasteiger partial charge on any atom is -0.384 e. The number of ether oxygens (including phenoxy) is 1. The van der Waals surface area contributed by atoms with Gasteiger partial charge in [0, 0.05) is 24.6 Å². The van der Waals surface area contributed by atoms with E-state index < -0.39 is 0 Å². The molecule has 1 fully saturated rings. The minimum absolute atomic E-state index is 0.00658. The van der Waals surface area contributed by atoms with Crippen LogP contribution in [0.5, 0.6) is 0 Å². The molecule has 4 heteroatoms. The van der Waals surface area contributed by atoms with Crippen LogP contribution in [0, 0.1) is 19.3 Å². The predicted octanol–water partition coefficient (Wildman–Crippen LogP) is 2.05. The number of rotatable bonds is 5. The van der Waals surface area contributed by atoms with Gasteiger partial charge in [0.2, 0.25) is 0 Å². The van der Waals surface area contributed by atoms with E-state index in [4.69, 9.17) is 4.74 Å². The molecule has 2 rings (SSSR count). The highest BCUT2D eigenvalue weighted by molar-refractivity contribution is 5.94. The maximum atomic E-state index is 12.3. The zero-order chi connectivity index (χ0) is 15.3. The first-order chi connectivity index (χ1) is 10.1. The molecule has 0 unspecified atom stereocenters. The normalized spacial score (nSPS) is 17.5. The van der Waals surface area contributed by atoms with Crippen LogP contribution in [-0.4, -0.2) is 39.3 Å². The molecule has 0 radical (unpaired) electrons. The standard InChI is InChI=1S/C17H26N2O2/c1-13-4-5-15(10-14(13)2)16(20)19-11-17(12-21-3)6-8-18-9-7-17/h4-5,10,18H,6-9,11-12H2,1-3H3,(H,19,20). The fourth-order valence-electron chi connectivity index (χ4n) is 2.89. The Morgan fingerprint density at radius 2 is 2.00 bits per heavy atom. The second kappa shape index (κ2) is 7.05. The van der Waals surface area contributed by atoms with Gasteiger partial charge in [-0.25, -0.2) is 0 Å². The molecule has 0 saturated carbocycles. The van der Waals surface area contributed by atoms with Crippen molar-refractivity contribution in [3.63, 3.8) is 0 Å². The number of benzene rings is 1. The molecular formula is C17H26N2O2. The van der Waals surface area contributed by atoms with Crippen LogP contribution in [0.3, 0.4) is 0 Å². The molecule has 1 heterocycles. The summed E-state index contributed by atoms with van der Waals surface area (Å²) in [6, 6.07) is 5.85. The first-order valence-electron chi connectivity index (χ1n) is 7.61. The maximum Gasteiger partial charge on any atom is 0.251 e. The lowest BCUT2D eigenvalue weighted by Crippen LogP contribution is -2.47. The van der Waals surface area contributed by atoms with E-state index in [1.54, 1.807) is 7.11 Å². The zero-order valence-corrected chi connectivity index (χ0v) is 13.3. The molecule has 0 aliphatic carbocycles. The molecule has 1 aliphatic heterocycles. The van der Waals surface area contributed by atoms with Crippen molar-refractivity contribution < 1.29 is 9.53 Å². The van der Waals surface area contributed by atoms with Crippen molar-refractivity contribution in [1.29, 1.82) is 0 Å². The molecule has 4 nitrogen and oxygen atoms in total. The third-order valence-corrected chi connectivity index (χ3v) is 4.51. The number of hydrogen-bond acceptors (Lipinski definition) is 3. The van der Waals surface area contributed by atoms with Crippen LogP contribution in [0.25, 0.3) is 0 Å². The lowest BCUT2D eigenvalue weighted by atomic mass is 9.79. The van der Waals surface area contributed by atoms with E-state index in [1.807, 2.05) is 25.1 Å². The van der Waals surface area contributed by atoms with Crippen LogP contribution in [-0.2, 0) is 4.74 Å². The van der Waals surface area contributed by atoms with Gasteiger partial charge in [-0.05, 0) is 63.0 Å². The number of hydrogen-bond donors (Lipinski definition) is 2. The van der Waals surface area contributed by atoms with Gasteiger partial charge in [0.25, 0.3) is 5.91 Å². The average Bonchev–Trinajstić information content (AvgIpc) is 2.49. The maximum absolute atomic E-state index is 12.3. The summed E-state index contributed by atoms with van der Waals surface area (Å²) >= 11 is 0. The van der Waals surface area contributed by atoms with E-state index in [1.165, 1.54) is 5.56 Å². The molecule has 21 heavy (non-hydrogen) atoms. The molecule has 1 aromatic carbocycles. The van der Waals surface area contributed by atoms with E-state index in [0.717, 1.165) is 37.1 Å². The summed E-state index contributed by atoms with van der Waals surface area (Å²) in [6.45, 7) is 7.44. The van der Waals surface area contributed by atoms with Gasteiger partial charge in [0.15, 0.2) is 0 Å². The molecule has 1 aliphatic rings. The molecular weight excluding hydrogens is 264 g/mol. The van der Waals surface area contributed by atoms with Crippen LogP contribution >= 0.6 is 0 Å². The van der Waals surface area contributed by atoms with Crippen LogP contribution in [0.15, 0.2) is 18.2 Å². The quantitative estimate of drug-likeness (QED) is 0.872. The summed E-state index contributed by atoms with van der Waals surface area (Å²) in [5, 5.41) is 6.46. The average molecular weight is 290 g/mol. The van der Waals surface area contributed by atoms with Gasteiger partial charge >= 0.3 is 0 Å². The fourth-order valence-corrected chi connectivity index (χ4v) is 2.89. The molecule has 0 atom stereocenters. The molecule has 2 N–H and O–H groups in total. The van der Waals surface area contributed by atoms with Crippen molar-refractivity contribution in [2.24, 2.45) is 5.41 Å². The first kappa shape index (κ1) is 16.0. The summed E-state index contributed by atoms with van der Waals surface area (Å²) < 4.78 is 5.38. The van der Waals surface area contributed by atoms with Crippen molar-refractivity contribution in [2.45, 2.75) is 26.7 Å². The van der Waals surface area contributed by atoms with E-state index >= 15 is 0 Å². The first-order valence-corrected chi connectivity index (χ1v) is 7.61. The van der Waals surface area contributed by atoms with Gasteiger partial charge in [-0.3, -0.25) is 4.79 Å². The van der Waals surface area contributed by atoms with Crippen molar-refractivity contribution >= 4 is 5.91 Å². The van der Waals surface area contributed by atoms with Gasteiger partial charge < -0.3 is 15.4 Å². The molecule has 0 spiro atoms. The third-order valence-electron chi connectivity index (χ3n) is 4.51. The van der Waals surface area contributed by atoms with Gasteiger partial charge in [0.1, 0.15) is 0 Å². The van der Waals surface area contributed by atoms with Gasteiger partial charge in [-0.2, -0.15) is 0 Å².